The summed E-state index contributed by atoms with van der Waals surface area (Å²) in [4.78, 5) is 48.7. The smallest absolute Gasteiger partial charge is 0.408 e. The SMILES string of the molecule is O=C(CBr)CCCC(C(=O)O)C(=O)C(Cc1ccccc1)NC(=O)OCc1ccccc1. The van der Waals surface area contributed by atoms with Gasteiger partial charge in [-0.15, -0.1) is 0 Å². The predicted octanol–water partition coefficient (Wildman–Crippen LogP) is 3.93. The maximum Gasteiger partial charge on any atom is 0.408 e. The molecule has 7 nitrogen and oxygen atoms in total. The fraction of sp³-hybridized carbons (Fsp3) is 0.333. The number of halogens is 1. The Morgan fingerprint density at radius 2 is 1.53 bits per heavy atom. The van der Waals surface area contributed by atoms with E-state index in [0.717, 1.165) is 11.1 Å². The van der Waals surface area contributed by atoms with Gasteiger partial charge >= 0.3 is 12.1 Å². The quantitative estimate of drug-likeness (QED) is 0.316. The first-order chi connectivity index (χ1) is 15.4. The second-order valence-electron chi connectivity index (χ2n) is 7.31. The molecular weight excluding hydrogens is 478 g/mol. The summed E-state index contributed by atoms with van der Waals surface area (Å²) in [5, 5.41) is 12.3. The number of hydrogen-bond acceptors (Lipinski definition) is 5. The molecule has 0 fully saturated rings. The minimum absolute atomic E-state index is 0.0128. The molecule has 0 bridgehead atoms. The molecule has 0 spiro atoms. The average molecular weight is 504 g/mol. The largest absolute Gasteiger partial charge is 0.481 e. The number of carbonyl (C=O) groups is 4. The number of Topliss-reactive ketones (excluding diaryl/α,β-unsaturated/α-hetero) is 2. The molecule has 2 atom stereocenters. The van der Waals surface area contributed by atoms with Crippen molar-refractivity contribution < 1.29 is 29.0 Å². The highest BCUT2D eigenvalue weighted by atomic mass is 79.9. The van der Waals surface area contributed by atoms with Gasteiger partial charge in [-0.05, 0) is 30.4 Å². The molecule has 2 N–H and O–H groups in total. The molecule has 1 amide bonds. The Bertz CT molecular complexity index is 903. The third-order valence-electron chi connectivity index (χ3n) is 4.87. The van der Waals surface area contributed by atoms with Crippen LogP contribution in [0, 0.1) is 5.92 Å². The van der Waals surface area contributed by atoms with E-state index >= 15 is 0 Å². The van der Waals surface area contributed by atoms with Crippen molar-refractivity contribution in [3.63, 3.8) is 0 Å². The molecule has 0 heterocycles. The molecule has 0 aliphatic rings. The lowest BCUT2D eigenvalue weighted by molar-refractivity contribution is -0.147. The molecule has 0 saturated heterocycles. The first kappa shape index (κ1) is 25.3. The van der Waals surface area contributed by atoms with Crippen LogP contribution in [0.1, 0.15) is 30.4 Å². The van der Waals surface area contributed by atoms with Gasteiger partial charge in [-0.1, -0.05) is 76.6 Å². The Balaban J connectivity index is 2.09. The van der Waals surface area contributed by atoms with Crippen molar-refractivity contribution in [1.82, 2.24) is 5.32 Å². The van der Waals surface area contributed by atoms with Crippen molar-refractivity contribution in [1.29, 1.82) is 0 Å². The minimum Gasteiger partial charge on any atom is -0.481 e. The van der Waals surface area contributed by atoms with Crippen molar-refractivity contribution in [2.75, 3.05) is 5.33 Å². The Labute approximate surface area is 195 Å². The zero-order chi connectivity index (χ0) is 23.3. The first-order valence-electron chi connectivity index (χ1n) is 10.3. The van der Waals surface area contributed by atoms with Gasteiger partial charge in [-0.25, -0.2) is 4.79 Å². The van der Waals surface area contributed by atoms with Crippen molar-refractivity contribution in [3.8, 4) is 0 Å². The number of ether oxygens (including phenoxy) is 1. The summed E-state index contributed by atoms with van der Waals surface area (Å²) in [7, 11) is 0. The highest BCUT2D eigenvalue weighted by Crippen LogP contribution is 2.16. The molecule has 2 aromatic carbocycles. The molecule has 2 aromatic rings. The number of aliphatic carboxylic acids is 1. The molecule has 2 unspecified atom stereocenters. The molecule has 170 valence electrons. The van der Waals surface area contributed by atoms with Gasteiger partial charge in [-0.3, -0.25) is 14.4 Å². The van der Waals surface area contributed by atoms with Crippen LogP contribution in [0.5, 0.6) is 0 Å². The van der Waals surface area contributed by atoms with E-state index in [0.29, 0.717) is 0 Å². The lowest BCUT2D eigenvalue weighted by Gasteiger charge is -2.21. The van der Waals surface area contributed by atoms with E-state index in [9.17, 15) is 24.3 Å². The highest BCUT2D eigenvalue weighted by Gasteiger charge is 2.33. The molecule has 0 aliphatic heterocycles. The normalized spacial score (nSPS) is 12.4. The Morgan fingerprint density at radius 1 is 0.938 bits per heavy atom. The monoisotopic (exact) mass is 503 g/mol. The van der Waals surface area contributed by atoms with Gasteiger partial charge in [0.15, 0.2) is 5.78 Å². The highest BCUT2D eigenvalue weighted by molar-refractivity contribution is 9.09. The lowest BCUT2D eigenvalue weighted by atomic mass is 9.89. The molecule has 0 aliphatic carbocycles. The molecule has 32 heavy (non-hydrogen) atoms. The number of carboxylic acid groups (broad SMARTS) is 1. The number of carbonyl (C=O) groups excluding carboxylic acids is 3. The number of nitrogens with one attached hydrogen (secondary N) is 1. The Morgan fingerprint density at radius 3 is 2.09 bits per heavy atom. The summed E-state index contributed by atoms with van der Waals surface area (Å²) in [6.45, 7) is 0.0237. The number of rotatable bonds is 13. The summed E-state index contributed by atoms with van der Waals surface area (Å²) >= 11 is 3.06. The van der Waals surface area contributed by atoms with E-state index in [1.54, 1.807) is 36.4 Å². The Hall–Kier alpha value is -3.00. The van der Waals surface area contributed by atoms with Gasteiger partial charge in [0.25, 0.3) is 0 Å². The third kappa shape index (κ3) is 8.63. The van der Waals surface area contributed by atoms with Crippen molar-refractivity contribution in [2.24, 2.45) is 5.92 Å². The maximum absolute atomic E-state index is 13.1. The molecule has 0 radical (unpaired) electrons. The molecule has 2 rings (SSSR count). The predicted molar refractivity (Wildman–Crippen MR) is 122 cm³/mol. The van der Waals surface area contributed by atoms with Crippen LogP contribution in [0.2, 0.25) is 0 Å². The zero-order valence-corrected chi connectivity index (χ0v) is 19.1. The summed E-state index contributed by atoms with van der Waals surface area (Å²) < 4.78 is 5.21. The van der Waals surface area contributed by atoms with Gasteiger partial charge in [0.1, 0.15) is 18.3 Å². The van der Waals surface area contributed by atoms with E-state index in [1.165, 1.54) is 0 Å². The summed E-state index contributed by atoms with van der Waals surface area (Å²) in [5.74, 6) is -3.30. The number of hydrogen-bond donors (Lipinski definition) is 2. The van der Waals surface area contributed by atoms with Crippen LogP contribution in [0.25, 0.3) is 0 Å². The van der Waals surface area contributed by atoms with Gasteiger partial charge in [0.05, 0.1) is 11.4 Å². The third-order valence-corrected chi connectivity index (χ3v) is 5.50. The number of benzene rings is 2. The van der Waals surface area contributed by atoms with E-state index in [1.807, 2.05) is 24.3 Å². The van der Waals surface area contributed by atoms with Gasteiger partial charge in [-0.2, -0.15) is 0 Å². The topological polar surface area (TPSA) is 110 Å². The van der Waals surface area contributed by atoms with Crippen molar-refractivity contribution in [3.05, 3.63) is 71.8 Å². The summed E-state index contributed by atoms with van der Waals surface area (Å²) in [6.07, 6.45) is -0.216. The van der Waals surface area contributed by atoms with Crippen LogP contribution >= 0.6 is 15.9 Å². The summed E-state index contributed by atoms with van der Waals surface area (Å²) in [5.41, 5.74) is 1.56. The number of ketones is 2. The fourth-order valence-corrected chi connectivity index (χ4v) is 3.46. The van der Waals surface area contributed by atoms with Crippen LogP contribution in [0.3, 0.4) is 0 Å². The van der Waals surface area contributed by atoms with Crippen molar-refractivity contribution in [2.45, 2.75) is 38.3 Å². The second-order valence-corrected chi connectivity index (χ2v) is 7.87. The van der Waals surface area contributed by atoms with Crippen LogP contribution in [-0.2, 0) is 32.1 Å². The van der Waals surface area contributed by atoms with Crippen LogP contribution in [0.15, 0.2) is 60.7 Å². The number of amides is 1. The fourth-order valence-electron chi connectivity index (χ4n) is 3.18. The zero-order valence-electron chi connectivity index (χ0n) is 17.5. The lowest BCUT2D eigenvalue weighted by Crippen LogP contribution is -2.46. The standard InChI is InChI=1S/C24H26BrNO6/c25-15-19(27)12-7-13-20(23(29)30)22(28)21(14-17-8-3-1-4-9-17)26-24(31)32-16-18-10-5-2-6-11-18/h1-6,8-11,20-21H,7,12-16H2,(H,26,31)(H,29,30). The minimum atomic E-state index is -1.33. The average Bonchev–Trinajstić information content (AvgIpc) is 2.80. The van der Waals surface area contributed by atoms with Gasteiger partial charge in [0, 0.05) is 6.42 Å². The maximum atomic E-state index is 13.1. The molecular formula is C24H26BrNO6. The van der Waals surface area contributed by atoms with Crippen LogP contribution < -0.4 is 5.32 Å². The summed E-state index contributed by atoms with van der Waals surface area (Å²) in [6, 6.07) is 17.0. The van der Waals surface area contributed by atoms with Crippen LogP contribution in [0.4, 0.5) is 4.79 Å². The van der Waals surface area contributed by atoms with Gasteiger partial charge < -0.3 is 15.2 Å². The molecule has 0 aromatic heterocycles. The van der Waals surface area contributed by atoms with E-state index in [-0.39, 0.29) is 43.4 Å². The number of alkyl carbamates (subject to hydrolysis) is 1. The van der Waals surface area contributed by atoms with Crippen LogP contribution in [-0.4, -0.2) is 40.1 Å². The van der Waals surface area contributed by atoms with E-state index in [4.69, 9.17) is 4.74 Å². The van der Waals surface area contributed by atoms with E-state index < -0.39 is 29.8 Å². The molecule has 8 heteroatoms. The van der Waals surface area contributed by atoms with E-state index in [2.05, 4.69) is 21.2 Å². The number of alkyl halides is 1. The Kier molecular flexibility index (Phi) is 10.6. The number of carboxylic acids is 1. The first-order valence-corrected chi connectivity index (χ1v) is 11.4. The second kappa shape index (κ2) is 13.4. The van der Waals surface area contributed by atoms with Gasteiger partial charge in [0.2, 0.25) is 0 Å². The molecule has 0 saturated carbocycles. The van der Waals surface area contributed by atoms with Crippen molar-refractivity contribution >= 4 is 39.6 Å².